The summed E-state index contributed by atoms with van der Waals surface area (Å²) in [7, 11) is 0. The van der Waals surface area contributed by atoms with Gasteiger partial charge in [0.1, 0.15) is 5.60 Å². The first-order valence-corrected chi connectivity index (χ1v) is 6.33. The predicted octanol–water partition coefficient (Wildman–Crippen LogP) is 1.17. The number of aliphatic hydroxyl groups is 1. The molecule has 0 bridgehead atoms. The van der Waals surface area contributed by atoms with Crippen LogP contribution in [0, 0.1) is 0 Å². The van der Waals surface area contributed by atoms with Crippen molar-refractivity contribution in [3.8, 4) is 0 Å². The van der Waals surface area contributed by atoms with Crippen LogP contribution in [-0.4, -0.2) is 36.2 Å². The number of amides is 1. The normalized spacial score (nSPS) is 17.4. The topological polar surface area (TPSA) is 61.4 Å². The highest BCUT2D eigenvalue weighted by Gasteiger charge is 2.34. The molecule has 0 unspecified atom stereocenters. The zero-order valence-electron chi connectivity index (χ0n) is 8.96. The molecule has 6 heteroatoms. The Hall–Kier alpha value is -0.620. The molecule has 17 heavy (non-hydrogen) atoms. The SMILES string of the molecule is O=C(NCC1(O)CNC1)c1cc(Cl)cc(Br)c1. The minimum absolute atomic E-state index is 0.239. The van der Waals surface area contributed by atoms with Crippen LogP contribution in [0.5, 0.6) is 0 Å². The van der Waals surface area contributed by atoms with Gasteiger partial charge in [-0.05, 0) is 18.2 Å². The van der Waals surface area contributed by atoms with Crippen molar-refractivity contribution in [1.29, 1.82) is 0 Å². The lowest BCUT2D eigenvalue weighted by Gasteiger charge is -2.37. The minimum Gasteiger partial charge on any atom is -0.385 e. The number of halogens is 2. The summed E-state index contributed by atoms with van der Waals surface area (Å²) in [5.41, 5.74) is -0.342. The molecule has 1 aliphatic rings. The average Bonchev–Trinajstić information content (AvgIpc) is 2.22. The van der Waals surface area contributed by atoms with Crippen LogP contribution in [0.4, 0.5) is 0 Å². The first-order valence-electron chi connectivity index (χ1n) is 5.16. The maximum absolute atomic E-state index is 11.8. The van der Waals surface area contributed by atoms with Crippen molar-refractivity contribution in [2.24, 2.45) is 0 Å². The quantitative estimate of drug-likeness (QED) is 0.784. The van der Waals surface area contributed by atoms with Crippen LogP contribution in [0.25, 0.3) is 0 Å². The Balaban J connectivity index is 1.99. The molecule has 1 aromatic rings. The van der Waals surface area contributed by atoms with E-state index in [1.54, 1.807) is 18.2 Å². The van der Waals surface area contributed by atoms with Crippen molar-refractivity contribution in [3.05, 3.63) is 33.3 Å². The summed E-state index contributed by atoms with van der Waals surface area (Å²) in [6.07, 6.45) is 0. The van der Waals surface area contributed by atoms with Gasteiger partial charge in [-0.3, -0.25) is 4.79 Å². The van der Waals surface area contributed by atoms with Gasteiger partial charge in [0.2, 0.25) is 0 Å². The summed E-state index contributed by atoms with van der Waals surface area (Å²) in [5.74, 6) is -0.242. The highest BCUT2D eigenvalue weighted by Crippen LogP contribution is 2.19. The maximum Gasteiger partial charge on any atom is 0.251 e. The number of hydrogen-bond donors (Lipinski definition) is 3. The van der Waals surface area contributed by atoms with Crippen LogP contribution in [0.15, 0.2) is 22.7 Å². The lowest BCUT2D eigenvalue weighted by atomic mass is 9.97. The first kappa shape index (κ1) is 12.8. The predicted molar refractivity (Wildman–Crippen MR) is 69.3 cm³/mol. The summed E-state index contributed by atoms with van der Waals surface area (Å²) in [6, 6.07) is 4.98. The van der Waals surface area contributed by atoms with Crippen molar-refractivity contribution in [3.63, 3.8) is 0 Å². The van der Waals surface area contributed by atoms with E-state index >= 15 is 0 Å². The lowest BCUT2D eigenvalue weighted by molar-refractivity contribution is -0.00759. The van der Waals surface area contributed by atoms with Gasteiger partial charge in [0, 0.05) is 34.7 Å². The van der Waals surface area contributed by atoms with E-state index in [1.165, 1.54) is 0 Å². The van der Waals surface area contributed by atoms with Gasteiger partial charge in [-0.1, -0.05) is 27.5 Å². The number of carbonyl (C=O) groups is 1. The van der Waals surface area contributed by atoms with E-state index in [4.69, 9.17) is 11.6 Å². The number of nitrogens with one attached hydrogen (secondary N) is 2. The second-order valence-corrected chi connectivity index (χ2v) is 5.52. The molecule has 2 rings (SSSR count). The summed E-state index contributed by atoms with van der Waals surface area (Å²) in [6.45, 7) is 1.25. The highest BCUT2D eigenvalue weighted by atomic mass is 79.9. The Labute approximate surface area is 112 Å². The van der Waals surface area contributed by atoms with Gasteiger partial charge in [0.15, 0.2) is 0 Å². The van der Waals surface area contributed by atoms with Gasteiger partial charge in [-0.2, -0.15) is 0 Å². The van der Waals surface area contributed by atoms with Gasteiger partial charge < -0.3 is 15.7 Å². The molecule has 4 nitrogen and oxygen atoms in total. The van der Waals surface area contributed by atoms with Crippen molar-refractivity contribution < 1.29 is 9.90 Å². The zero-order chi connectivity index (χ0) is 12.5. The van der Waals surface area contributed by atoms with Crippen molar-refractivity contribution in [2.75, 3.05) is 19.6 Å². The molecule has 1 aromatic carbocycles. The van der Waals surface area contributed by atoms with Crippen molar-refractivity contribution in [2.45, 2.75) is 5.60 Å². The Bertz CT molecular complexity index is 429. The largest absolute Gasteiger partial charge is 0.385 e. The van der Waals surface area contributed by atoms with Crippen LogP contribution < -0.4 is 10.6 Å². The molecule has 1 heterocycles. The van der Waals surface area contributed by atoms with Crippen molar-refractivity contribution >= 4 is 33.4 Å². The van der Waals surface area contributed by atoms with E-state index < -0.39 is 5.60 Å². The van der Waals surface area contributed by atoms with E-state index in [9.17, 15) is 9.90 Å². The molecule has 3 N–H and O–H groups in total. The molecule has 0 spiro atoms. The number of β-amino-alcohol motifs (C(OH)–C–C–N with tert-alkyl or cyclic N) is 1. The van der Waals surface area contributed by atoms with Gasteiger partial charge >= 0.3 is 0 Å². The van der Waals surface area contributed by atoms with Crippen LogP contribution in [0.2, 0.25) is 5.02 Å². The lowest BCUT2D eigenvalue weighted by Crippen LogP contribution is -2.64. The van der Waals surface area contributed by atoms with E-state index in [0.29, 0.717) is 23.7 Å². The summed E-state index contributed by atoms with van der Waals surface area (Å²) in [4.78, 5) is 11.8. The standard InChI is InChI=1S/C11H12BrClN2O2/c12-8-1-7(2-9(13)3-8)10(16)15-6-11(17)4-14-5-11/h1-3,14,17H,4-6H2,(H,15,16). The molecule has 92 valence electrons. The summed E-state index contributed by atoms with van der Waals surface area (Å²) < 4.78 is 0.749. The number of carbonyl (C=O) groups excluding carboxylic acids is 1. The molecule has 1 saturated heterocycles. The van der Waals surface area contributed by atoms with Gasteiger partial charge in [-0.15, -0.1) is 0 Å². The average molecular weight is 320 g/mol. The molecule has 1 amide bonds. The second-order valence-electron chi connectivity index (χ2n) is 4.17. The van der Waals surface area contributed by atoms with E-state index in [1.807, 2.05) is 0 Å². The third-order valence-corrected chi connectivity index (χ3v) is 3.29. The van der Waals surface area contributed by atoms with E-state index in [-0.39, 0.29) is 12.5 Å². The fraction of sp³-hybridized carbons (Fsp3) is 0.364. The molecular weight excluding hydrogens is 307 g/mol. The highest BCUT2D eigenvalue weighted by molar-refractivity contribution is 9.10. The molecule has 1 fully saturated rings. The Morgan fingerprint density at radius 1 is 1.53 bits per heavy atom. The van der Waals surface area contributed by atoms with E-state index in [0.717, 1.165) is 4.47 Å². The fourth-order valence-electron chi connectivity index (χ4n) is 1.57. The molecular formula is C11H12BrClN2O2. The fourth-order valence-corrected chi connectivity index (χ4v) is 2.43. The van der Waals surface area contributed by atoms with Crippen LogP contribution in [-0.2, 0) is 0 Å². The molecule has 1 aliphatic heterocycles. The number of hydrogen-bond acceptors (Lipinski definition) is 3. The van der Waals surface area contributed by atoms with Crippen LogP contribution in [0.3, 0.4) is 0 Å². The van der Waals surface area contributed by atoms with E-state index in [2.05, 4.69) is 26.6 Å². The van der Waals surface area contributed by atoms with Gasteiger partial charge in [0.25, 0.3) is 5.91 Å². The minimum atomic E-state index is -0.814. The summed E-state index contributed by atoms with van der Waals surface area (Å²) >= 11 is 9.13. The number of rotatable bonds is 3. The maximum atomic E-state index is 11.8. The monoisotopic (exact) mass is 318 g/mol. The second kappa shape index (κ2) is 4.94. The van der Waals surface area contributed by atoms with Crippen LogP contribution >= 0.6 is 27.5 Å². The zero-order valence-corrected chi connectivity index (χ0v) is 11.3. The Morgan fingerprint density at radius 2 is 2.24 bits per heavy atom. The Kier molecular flexibility index (Phi) is 3.73. The summed E-state index contributed by atoms with van der Waals surface area (Å²) in [5, 5.41) is 15.9. The van der Waals surface area contributed by atoms with Crippen LogP contribution in [0.1, 0.15) is 10.4 Å². The number of benzene rings is 1. The third kappa shape index (κ3) is 3.19. The molecule has 0 aliphatic carbocycles. The molecule has 0 saturated carbocycles. The third-order valence-electron chi connectivity index (χ3n) is 2.61. The van der Waals surface area contributed by atoms with Gasteiger partial charge in [0.05, 0.1) is 0 Å². The smallest absolute Gasteiger partial charge is 0.251 e. The first-order chi connectivity index (χ1) is 7.98. The van der Waals surface area contributed by atoms with Crippen molar-refractivity contribution in [1.82, 2.24) is 10.6 Å². The molecule has 0 atom stereocenters. The molecule has 0 aromatic heterocycles. The van der Waals surface area contributed by atoms with Gasteiger partial charge in [-0.25, -0.2) is 0 Å². The molecule has 0 radical (unpaired) electrons. The Morgan fingerprint density at radius 3 is 2.76 bits per heavy atom.